The van der Waals surface area contributed by atoms with E-state index >= 15 is 8.78 Å². The largest absolute Gasteiger partial charge is 0.754 e. The van der Waals surface area contributed by atoms with Gasteiger partial charge in [-0.3, -0.25) is 9.00 Å². The highest BCUT2D eigenvalue weighted by molar-refractivity contribution is 7.80. The summed E-state index contributed by atoms with van der Waals surface area (Å²) in [7, 11) is -0.940. The number of fused-ring (bicyclic) bond motifs is 1. The molecule has 2 aromatic heterocycles. The Bertz CT molecular complexity index is 1580. The van der Waals surface area contributed by atoms with Gasteiger partial charge >= 0.3 is 13.2 Å². The van der Waals surface area contributed by atoms with Crippen LogP contribution in [0.15, 0.2) is 30.6 Å². The number of anilines is 1. The molecule has 0 saturated carbocycles. The van der Waals surface area contributed by atoms with E-state index in [-0.39, 0.29) is 30.5 Å². The molecule has 0 radical (unpaired) electrons. The van der Waals surface area contributed by atoms with E-state index in [0.717, 1.165) is 17.3 Å². The van der Waals surface area contributed by atoms with Crippen molar-refractivity contribution in [2.75, 3.05) is 17.5 Å². The van der Waals surface area contributed by atoms with Gasteiger partial charge in [0.2, 0.25) is 5.78 Å². The van der Waals surface area contributed by atoms with Crippen molar-refractivity contribution in [1.82, 2.24) is 14.6 Å². The Morgan fingerprint density at radius 3 is 2.44 bits per heavy atom. The molecule has 3 aromatic rings. The second-order valence-electron chi connectivity index (χ2n) is 10.8. The highest BCUT2D eigenvalue weighted by Gasteiger charge is 2.52. The van der Waals surface area contributed by atoms with Crippen LogP contribution in [0.2, 0.25) is 0 Å². The molecule has 1 N–H and O–H groups in total. The molecule has 1 aromatic carbocycles. The summed E-state index contributed by atoms with van der Waals surface area (Å²) in [5.41, 5.74) is -3.55. The third-order valence-corrected chi connectivity index (χ3v) is 8.36. The summed E-state index contributed by atoms with van der Waals surface area (Å²) in [4.78, 5) is 29.8. The van der Waals surface area contributed by atoms with Crippen molar-refractivity contribution in [2.45, 2.75) is 51.5 Å². The molecule has 0 bridgehead atoms. The molecule has 2 fully saturated rings. The van der Waals surface area contributed by atoms with Crippen LogP contribution in [0.1, 0.15) is 50.0 Å². The Balaban J connectivity index is 1.62. The molecule has 2 atom stereocenters. The van der Waals surface area contributed by atoms with Gasteiger partial charge in [0.1, 0.15) is 23.3 Å². The average molecular weight is 593 g/mol. The number of halogens is 3. The molecule has 0 spiro atoms. The van der Waals surface area contributed by atoms with E-state index in [0.29, 0.717) is 20.5 Å². The standard InChI is InChI=1S/C25H26BF3N4O7S/c1-24(2)25(3,4)40-26(39-24)13-9-15-16(12-32(23(35)36)22(15)30-10-13)21(34)19-17(28)5-6-18(20(19)29)33(41(37)38)31-8-7-14(27)11-31/h5-6,9-10,12,14H,7-8,11H2,1-4H3,(H,35,36)(H,37,38)/p-1/t14-/m1/s1. The smallest absolute Gasteiger partial charge is 0.496 e. The van der Waals surface area contributed by atoms with Crippen molar-refractivity contribution in [2.24, 2.45) is 0 Å². The summed E-state index contributed by atoms with van der Waals surface area (Å²) in [5, 5.41) is 10.7. The fraction of sp³-hybridized carbons (Fsp3) is 0.400. The third kappa shape index (κ3) is 4.93. The van der Waals surface area contributed by atoms with Crippen molar-refractivity contribution >= 4 is 52.4 Å². The summed E-state index contributed by atoms with van der Waals surface area (Å²) >= 11 is -3.13. The van der Waals surface area contributed by atoms with Gasteiger partial charge in [-0.05, 0) is 52.3 Å². The van der Waals surface area contributed by atoms with Gasteiger partial charge in [-0.15, -0.1) is 0 Å². The predicted octanol–water partition coefficient (Wildman–Crippen LogP) is 2.93. The monoisotopic (exact) mass is 593 g/mol. The van der Waals surface area contributed by atoms with E-state index in [1.54, 1.807) is 0 Å². The highest BCUT2D eigenvalue weighted by Crippen LogP contribution is 2.37. The number of carboxylic acid groups (broad SMARTS) is 1. The van der Waals surface area contributed by atoms with Crippen LogP contribution in [0.4, 0.5) is 23.7 Å². The number of pyridine rings is 1. The molecule has 4 heterocycles. The van der Waals surface area contributed by atoms with Crippen LogP contribution in [-0.2, 0) is 20.6 Å². The fourth-order valence-corrected chi connectivity index (χ4v) is 5.42. The van der Waals surface area contributed by atoms with E-state index in [1.807, 2.05) is 27.7 Å². The van der Waals surface area contributed by atoms with Gasteiger partial charge in [0.15, 0.2) is 5.82 Å². The van der Waals surface area contributed by atoms with Crippen LogP contribution >= 0.6 is 0 Å². The lowest BCUT2D eigenvalue weighted by atomic mass is 9.79. The number of hydrazine groups is 1. The van der Waals surface area contributed by atoms with E-state index < -0.39 is 76.1 Å². The van der Waals surface area contributed by atoms with Gasteiger partial charge < -0.3 is 19.0 Å². The molecule has 0 aliphatic carbocycles. The molecule has 41 heavy (non-hydrogen) atoms. The summed E-state index contributed by atoms with van der Waals surface area (Å²) in [6, 6.07) is 2.92. The molecule has 11 nitrogen and oxygen atoms in total. The number of alkyl halides is 1. The zero-order chi connectivity index (χ0) is 30.0. The van der Waals surface area contributed by atoms with Crippen molar-refractivity contribution in [3.05, 3.63) is 53.4 Å². The Kier molecular flexibility index (Phi) is 7.27. The molecule has 0 amide bonds. The summed E-state index contributed by atoms with van der Waals surface area (Å²) in [6.45, 7) is 6.87. The molecule has 16 heteroatoms. The van der Waals surface area contributed by atoms with Gasteiger partial charge in [0.05, 0.1) is 40.1 Å². The van der Waals surface area contributed by atoms with Crippen molar-refractivity contribution in [3.63, 3.8) is 0 Å². The van der Waals surface area contributed by atoms with Gasteiger partial charge in [-0.1, -0.05) is 0 Å². The number of rotatable bonds is 6. The molecule has 5 rings (SSSR count). The number of carbonyl (C=O) groups excluding carboxylic acids is 1. The lowest BCUT2D eigenvalue weighted by Gasteiger charge is -2.34. The first-order chi connectivity index (χ1) is 19.1. The van der Waals surface area contributed by atoms with Crippen LogP contribution in [0.5, 0.6) is 0 Å². The highest BCUT2D eigenvalue weighted by atomic mass is 32.2. The number of benzene rings is 1. The molecule has 2 saturated heterocycles. The van der Waals surface area contributed by atoms with Crippen LogP contribution in [0, 0.1) is 11.6 Å². The van der Waals surface area contributed by atoms with Gasteiger partial charge in [0.25, 0.3) is 0 Å². The quantitative estimate of drug-likeness (QED) is 0.260. The van der Waals surface area contributed by atoms with E-state index in [9.17, 15) is 27.8 Å². The van der Waals surface area contributed by atoms with Crippen molar-refractivity contribution in [1.29, 1.82) is 0 Å². The zero-order valence-electron chi connectivity index (χ0n) is 22.4. The molecule has 2 aliphatic heterocycles. The first kappa shape index (κ1) is 29.2. The zero-order valence-corrected chi connectivity index (χ0v) is 23.2. The number of nitrogens with zero attached hydrogens (tertiary/aromatic N) is 4. The van der Waals surface area contributed by atoms with Crippen LogP contribution < -0.4 is 9.88 Å². The molecular formula is C25H25BF3N4O7S-. The van der Waals surface area contributed by atoms with E-state index in [4.69, 9.17) is 9.31 Å². The summed E-state index contributed by atoms with van der Waals surface area (Å²) in [5.74, 6) is -4.10. The Labute approximate surface area is 235 Å². The van der Waals surface area contributed by atoms with Gasteiger partial charge in [-0.25, -0.2) is 36.9 Å². The van der Waals surface area contributed by atoms with E-state index in [2.05, 4.69) is 4.98 Å². The maximum Gasteiger partial charge on any atom is 0.496 e. The maximum absolute atomic E-state index is 15.8. The number of aromatic nitrogens is 2. The third-order valence-electron chi connectivity index (χ3n) is 7.65. The minimum atomic E-state index is -3.13. The average Bonchev–Trinajstić information content (AvgIpc) is 3.53. The number of hydrogen-bond acceptors (Lipinski definition) is 8. The Morgan fingerprint density at radius 1 is 1.22 bits per heavy atom. The van der Waals surface area contributed by atoms with Crippen molar-refractivity contribution < 1.29 is 45.9 Å². The SMILES string of the molecule is CC1(C)OB(c2cnc3c(c2)c(C(=O)c2c(F)ccc(N(N4CC[C@@H](F)C4)S(=O)[O-])c2F)cn3C(=O)O)OC1(C)C. The normalized spacial score (nSPS) is 21.0. The predicted molar refractivity (Wildman–Crippen MR) is 141 cm³/mol. The van der Waals surface area contributed by atoms with Gasteiger partial charge in [-0.2, -0.15) is 0 Å². The minimum absolute atomic E-state index is 0.00485. The van der Waals surface area contributed by atoms with Crippen molar-refractivity contribution in [3.8, 4) is 0 Å². The van der Waals surface area contributed by atoms with Crippen LogP contribution in [0.3, 0.4) is 0 Å². The minimum Gasteiger partial charge on any atom is -0.754 e. The molecule has 1 unspecified atom stereocenters. The maximum atomic E-state index is 15.8. The molecule has 218 valence electrons. The lowest BCUT2D eigenvalue weighted by molar-refractivity contribution is 0.00578. The number of ketones is 1. The summed E-state index contributed by atoms with van der Waals surface area (Å²) in [6.07, 6.45) is -0.689. The molecule has 2 aliphatic rings. The number of carbonyl (C=O) groups is 2. The summed E-state index contributed by atoms with van der Waals surface area (Å²) < 4.78 is 81.8. The second kappa shape index (κ2) is 10.2. The second-order valence-corrected chi connectivity index (χ2v) is 11.6. The fourth-order valence-electron chi connectivity index (χ4n) is 4.78. The van der Waals surface area contributed by atoms with Crippen LogP contribution in [-0.4, -0.2) is 77.9 Å². The molecular weight excluding hydrogens is 568 g/mol. The first-order valence-electron chi connectivity index (χ1n) is 12.5. The van der Waals surface area contributed by atoms with Crippen LogP contribution in [0.25, 0.3) is 11.0 Å². The Morgan fingerprint density at radius 2 is 1.88 bits per heavy atom. The number of hydrogen-bond donors (Lipinski definition) is 1. The van der Waals surface area contributed by atoms with Gasteiger partial charge in [0, 0.05) is 29.8 Å². The van der Waals surface area contributed by atoms with E-state index in [1.165, 1.54) is 12.3 Å². The lowest BCUT2D eigenvalue weighted by Crippen LogP contribution is -2.43. The Hall–Kier alpha value is -3.31. The first-order valence-corrected chi connectivity index (χ1v) is 13.6. The topological polar surface area (TPSA) is 137 Å².